The van der Waals surface area contributed by atoms with Gasteiger partial charge in [-0.25, -0.2) is 9.59 Å². The van der Waals surface area contributed by atoms with Crippen LogP contribution in [0.4, 0.5) is 4.79 Å². The lowest BCUT2D eigenvalue weighted by Crippen LogP contribution is -2.47. The number of likely N-dealkylation sites (tertiary alicyclic amines) is 1. The standard InChI is InChI=1S/C22H23N3O5/c1-29-21(27)16-7-8-18(23-13-16)20(26)24-11-9-17(10-12-24)25-14-19(30-22(25)28)15-5-3-2-4-6-15/h2-8,13,17,19H,9-12,14H2,1H3. The van der Waals surface area contributed by atoms with Crippen LogP contribution in [0.15, 0.2) is 48.7 Å². The first-order valence-corrected chi connectivity index (χ1v) is 9.92. The van der Waals surface area contributed by atoms with E-state index in [4.69, 9.17) is 4.74 Å². The van der Waals surface area contributed by atoms with Crippen molar-refractivity contribution >= 4 is 18.0 Å². The second kappa shape index (κ2) is 8.52. The van der Waals surface area contributed by atoms with E-state index >= 15 is 0 Å². The zero-order valence-corrected chi connectivity index (χ0v) is 16.7. The smallest absolute Gasteiger partial charge is 0.410 e. The van der Waals surface area contributed by atoms with Crippen molar-refractivity contribution in [3.05, 3.63) is 65.5 Å². The summed E-state index contributed by atoms with van der Waals surface area (Å²) in [6.45, 7) is 1.59. The number of carbonyl (C=O) groups excluding carboxylic acids is 3. The molecule has 0 aliphatic carbocycles. The van der Waals surface area contributed by atoms with E-state index in [0.717, 1.165) is 5.56 Å². The molecule has 156 valence electrons. The van der Waals surface area contributed by atoms with Crippen LogP contribution in [-0.2, 0) is 9.47 Å². The topological polar surface area (TPSA) is 89.0 Å². The summed E-state index contributed by atoms with van der Waals surface area (Å²) in [5, 5.41) is 0. The summed E-state index contributed by atoms with van der Waals surface area (Å²) < 4.78 is 10.2. The maximum Gasteiger partial charge on any atom is 0.410 e. The summed E-state index contributed by atoms with van der Waals surface area (Å²) in [5.74, 6) is -0.676. The molecule has 4 rings (SSSR count). The number of amides is 2. The highest BCUT2D eigenvalue weighted by atomic mass is 16.6. The third-order valence-corrected chi connectivity index (χ3v) is 5.61. The molecule has 1 aromatic heterocycles. The van der Waals surface area contributed by atoms with E-state index in [-0.39, 0.29) is 29.8 Å². The molecule has 2 aliphatic heterocycles. The van der Waals surface area contributed by atoms with Crippen molar-refractivity contribution in [3.63, 3.8) is 0 Å². The molecule has 1 unspecified atom stereocenters. The maximum atomic E-state index is 12.7. The van der Waals surface area contributed by atoms with Crippen molar-refractivity contribution < 1.29 is 23.9 Å². The Morgan fingerprint density at radius 2 is 1.83 bits per heavy atom. The molecule has 0 N–H and O–H groups in total. The number of pyridine rings is 1. The minimum Gasteiger partial charge on any atom is -0.465 e. The molecule has 0 bridgehead atoms. The third kappa shape index (κ3) is 3.98. The van der Waals surface area contributed by atoms with Crippen LogP contribution in [0.3, 0.4) is 0 Å². The normalized spacial score (nSPS) is 19.5. The predicted octanol–water partition coefficient (Wildman–Crippen LogP) is 2.67. The average molecular weight is 409 g/mol. The van der Waals surface area contributed by atoms with Crippen molar-refractivity contribution in [1.29, 1.82) is 0 Å². The molecule has 0 radical (unpaired) electrons. The van der Waals surface area contributed by atoms with Gasteiger partial charge in [0.15, 0.2) is 0 Å². The summed E-state index contributed by atoms with van der Waals surface area (Å²) in [6, 6.07) is 12.8. The number of hydrogen-bond acceptors (Lipinski definition) is 6. The molecular formula is C22H23N3O5. The number of hydrogen-bond donors (Lipinski definition) is 0. The van der Waals surface area contributed by atoms with Gasteiger partial charge in [-0.15, -0.1) is 0 Å². The SMILES string of the molecule is COC(=O)c1ccc(C(=O)N2CCC(N3CC(c4ccccc4)OC3=O)CC2)nc1. The maximum absolute atomic E-state index is 12.7. The third-order valence-electron chi connectivity index (χ3n) is 5.61. The van der Waals surface area contributed by atoms with E-state index in [2.05, 4.69) is 9.72 Å². The van der Waals surface area contributed by atoms with E-state index < -0.39 is 5.97 Å². The number of aromatic nitrogens is 1. The lowest BCUT2D eigenvalue weighted by Gasteiger charge is -2.35. The molecule has 2 aliphatic rings. The molecule has 2 amide bonds. The monoisotopic (exact) mass is 409 g/mol. The number of esters is 1. The number of piperidine rings is 1. The van der Waals surface area contributed by atoms with Gasteiger partial charge in [0, 0.05) is 25.3 Å². The van der Waals surface area contributed by atoms with Gasteiger partial charge in [-0.2, -0.15) is 0 Å². The minimum atomic E-state index is -0.492. The molecule has 1 aromatic carbocycles. The van der Waals surface area contributed by atoms with Crippen molar-refractivity contribution in [3.8, 4) is 0 Å². The Bertz CT molecular complexity index is 924. The van der Waals surface area contributed by atoms with Crippen LogP contribution in [-0.4, -0.2) is 65.5 Å². The van der Waals surface area contributed by atoms with Gasteiger partial charge in [-0.05, 0) is 30.5 Å². The van der Waals surface area contributed by atoms with E-state index in [1.807, 2.05) is 30.3 Å². The van der Waals surface area contributed by atoms with Gasteiger partial charge in [0.25, 0.3) is 5.91 Å². The summed E-state index contributed by atoms with van der Waals surface area (Å²) in [4.78, 5) is 44.2. The van der Waals surface area contributed by atoms with Gasteiger partial charge >= 0.3 is 12.1 Å². The van der Waals surface area contributed by atoms with Crippen LogP contribution in [0.1, 0.15) is 45.4 Å². The molecule has 2 saturated heterocycles. The van der Waals surface area contributed by atoms with Crippen molar-refractivity contribution in [2.45, 2.75) is 25.0 Å². The van der Waals surface area contributed by atoms with E-state index in [0.29, 0.717) is 38.0 Å². The van der Waals surface area contributed by atoms with Crippen LogP contribution < -0.4 is 0 Å². The Hall–Kier alpha value is -3.42. The quantitative estimate of drug-likeness (QED) is 0.722. The fourth-order valence-corrected chi connectivity index (χ4v) is 3.92. The number of rotatable bonds is 4. The Kier molecular flexibility index (Phi) is 5.65. The Morgan fingerprint density at radius 3 is 2.47 bits per heavy atom. The fourth-order valence-electron chi connectivity index (χ4n) is 3.92. The number of cyclic esters (lactones) is 1. The molecule has 30 heavy (non-hydrogen) atoms. The number of ether oxygens (including phenoxy) is 2. The van der Waals surface area contributed by atoms with Gasteiger partial charge in [-0.1, -0.05) is 30.3 Å². The van der Waals surface area contributed by atoms with Crippen molar-refractivity contribution in [2.75, 3.05) is 26.7 Å². The van der Waals surface area contributed by atoms with Crippen LogP contribution in [0.5, 0.6) is 0 Å². The van der Waals surface area contributed by atoms with E-state index in [1.165, 1.54) is 25.4 Å². The minimum absolute atomic E-state index is 0.0462. The van der Waals surface area contributed by atoms with Gasteiger partial charge < -0.3 is 19.3 Å². The van der Waals surface area contributed by atoms with Crippen molar-refractivity contribution in [1.82, 2.24) is 14.8 Å². The van der Waals surface area contributed by atoms with Crippen LogP contribution in [0.25, 0.3) is 0 Å². The van der Waals surface area contributed by atoms with Crippen molar-refractivity contribution in [2.24, 2.45) is 0 Å². The average Bonchev–Trinajstić information content (AvgIpc) is 3.20. The van der Waals surface area contributed by atoms with Crippen LogP contribution in [0.2, 0.25) is 0 Å². The molecular weight excluding hydrogens is 386 g/mol. The van der Waals surface area contributed by atoms with Gasteiger partial charge in [0.2, 0.25) is 0 Å². The summed E-state index contributed by atoms with van der Waals surface area (Å²) in [5.41, 5.74) is 1.57. The number of nitrogens with zero attached hydrogens (tertiary/aromatic N) is 3. The molecule has 8 nitrogen and oxygen atoms in total. The lowest BCUT2D eigenvalue weighted by molar-refractivity contribution is 0.0596. The fraction of sp³-hybridized carbons (Fsp3) is 0.364. The highest BCUT2D eigenvalue weighted by Gasteiger charge is 2.38. The number of methoxy groups -OCH3 is 1. The number of benzene rings is 1. The summed E-state index contributed by atoms with van der Waals surface area (Å²) in [6.07, 6.45) is 2.16. The van der Waals surface area contributed by atoms with E-state index in [9.17, 15) is 14.4 Å². The molecule has 1 atom stereocenters. The molecule has 2 fully saturated rings. The summed E-state index contributed by atoms with van der Waals surface area (Å²) >= 11 is 0. The van der Waals surface area contributed by atoms with Crippen LogP contribution in [0, 0.1) is 0 Å². The Balaban J connectivity index is 1.34. The highest BCUT2D eigenvalue weighted by molar-refractivity contribution is 5.94. The Labute approximate surface area is 174 Å². The lowest BCUT2D eigenvalue weighted by atomic mass is 10.0. The molecule has 0 saturated carbocycles. The first-order chi connectivity index (χ1) is 14.6. The second-order valence-electron chi connectivity index (χ2n) is 7.38. The van der Waals surface area contributed by atoms with E-state index in [1.54, 1.807) is 9.80 Å². The van der Waals surface area contributed by atoms with Gasteiger partial charge in [-0.3, -0.25) is 9.78 Å². The van der Waals surface area contributed by atoms with Gasteiger partial charge in [0.1, 0.15) is 11.8 Å². The zero-order valence-electron chi connectivity index (χ0n) is 16.7. The molecule has 2 aromatic rings. The predicted molar refractivity (Wildman–Crippen MR) is 107 cm³/mol. The first kappa shape index (κ1) is 19.9. The second-order valence-corrected chi connectivity index (χ2v) is 7.38. The molecule has 3 heterocycles. The van der Waals surface area contributed by atoms with Gasteiger partial charge in [0.05, 0.1) is 19.2 Å². The highest BCUT2D eigenvalue weighted by Crippen LogP contribution is 2.30. The largest absolute Gasteiger partial charge is 0.465 e. The van der Waals surface area contributed by atoms with Crippen LogP contribution >= 0.6 is 0 Å². The summed E-state index contributed by atoms with van der Waals surface area (Å²) in [7, 11) is 1.30. The Morgan fingerprint density at radius 1 is 1.10 bits per heavy atom. The first-order valence-electron chi connectivity index (χ1n) is 9.92. The zero-order chi connectivity index (χ0) is 21.1. The molecule has 8 heteroatoms. The molecule has 0 spiro atoms. The number of carbonyl (C=O) groups is 3.